The lowest BCUT2D eigenvalue weighted by Crippen LogP contribution is -2.06. The Morgan fingerprint density at radius 3 is 3.00 bits per heavy atom. The molecule has 0 bridgehead atoms. The highest BCUT2D eigenvalue weighted by Crippen LogP contribution is 2.00. The molecule has 2 aromatic heterocycles. The van der Waals surface area contributed by atoms with Crippen molar-refractivity contribution in [3.63, 3.8) is 0 Å². The summed E-state index contributed by atoms with van der Waals surface area (Å²) < 4.78 is 1.85. The molecule has 0 spiro atoms. The Kier molecular flexibility index (Phi) is 2.35. The fraction of sp³-hybridized carbons (Fsp3) is 0.250. The van der Waals surface area contributed by atoms with Gasteiger partial charge in [0.05, 0.1) is 12.7 Å². The van der Waals surface area contributed by atoms with E-state index in [1.54, 1.807) is 24.9 Å². The second-order valence-corrected chi connectivity index (χ2v) is 2.80. The zero-order valence-electron chi connectivity index (χ0n) is 7.75. The first kappa shape index (κ1) is 8.61. The van der Waals surface area contributed by atoms with Crippen molar-refractivity contribution >= 4 is 5.82 Å². The molecule has 0 radical (unpaired) electrons. The molecule has 0 amide bonds. The summed E-state index contributed by atoms with van der Waals surface area (Å²) in [6.07, 6.45) is 6.59. The lowest BCUT2D eigenvalue weighted by atomic mass is 10.5. The number of hydrogen-bond donors (Lipinski definition) is 1. The third-order valence-corrected chi connectivity index (χ3v) is 1.80. The van der Waals surface area contributed by atoms with E-state index >= 15 is 0 Å². The van der Waals surface area contributed by atoms with Crippen LogP contribution < -0.4 is 5.32 Å². The Morgan fingerprint density at radius 1 is 1.43 bits per heavy atom. The van der Waals surface area contributed by atoms with Crippen LogP contribution in [0.25, 0.3) is 0 Å². The van der Waals surface area contributed by atoms with Crippen LogP contribution >= 0.6 is 0 Å². The summed E-state index contributed by atoms with van der Waals surface area (Å²) in [5.41, 5.74) is 0. The van der Waals surface area contributed by atoms with Gasteiger partial charge < -0.3 is 9.88 Å². The van der Waals surface area contributed by atoms with E-state index in [9.17, 15) is 0 Å². The Balaban J connectivity index is 1.99. The van der Waals surface area contributed by atoms with Crippen LogP contribution in [0.1, 0.15) is 5.82 Å². The molecule has 0 saturated heterocycles. The van der Waals surface area contributed by atoms with Crippen molar-refractivity contribution in [2.75, 3.05) is 5.32 Å². The van der Waals surface area contributed by atoms with Gasteiger partial charge >= 0.3 is 0 Å². The van der Waals surface area contributed by atoms with Crippen molar-refractivity contribution in [1.82, 2.24) is 24.7 Å². The van der Waals surface area contributed by atoms with Gasteiger partial charge in [0.1, 0.15) is 12.1 Å². The Bertz CT molecular complexity index is 395. The second kappa shape index (κ2) is 3.82. The van der Waals surface area contributed by atoms with Crippen LogP contribution in [0, 0.1) is 0 Å². The molecule has 2 heterocycles. The average Bonchev–Trinajstić information content (AvgIpc) is 2.63. The fourth-order valence-electron chi connectivity index (χ4n) is 1.03. The summed E-state index contributed by atoms with van der Waals surface area (Å²) in [4.78, 5) is 8.02. The number of nitrogens with zero attached hydrogens (tertiary/aromatic N) is 5. The molecule has 0 saturated carbocycles. The van der Waals surface area contributed by atoms with Gasteiger partial charge in [-0.2, -0.15) is 0 Å². The van der Waals surface area contributed by atoms with Crippen molar-refractivity contribution in [3.05, 3.63) is 30.7 Å². The Morgan fingerprint density at radius 2 is 2.36 bits per heavy atom. The first-order valence-corrected chi connectivity index (χ1v) is 4.19. The summed E-state index contributed by atoms with van der Waals surface area (Å²) in [6, 6.07) is 0. The summed E-state index contributed by atoms with van der Waals surface area (Å²) in [7, 11) is 1.90. The summed E-state index contributed by atoms with van der Waals surface area (Å²) in [5, 5.41) is 10.8. The van der Waals surface area contributed by atoms with Crippen LogP contribution in [-0.4, -0.2) is 24.7 Å². The monoisotopic (exact) mass is 190 g/mol. The average molecular weight is 190 g/mol. The molecule has 1 N–H and O–H groups in total. The lowest BCUT2D eigenvalue weighted by molar-refractivity contribution is 0.809. The molecule has 0 atom stereocenters. The quantitative estimate of drug-likeness (QED) is 0.749. The number of anilines is 1. The third-order valence-electron chi connectivity index (χ3n) is 1.80. The molecule has 6 heteroatoms. The van der Waals surface area contributed by atoms with Crippen LogP contribution in [0.15, 0.2) is 24.9 Å². The van der Waals surface area contributed by atoms with E-state index in [0.717, 1.165) is 11.6 Å². The molecule has 72 valence electrons. The van der Waals surface area contributed by atoms with Crippen molar-refractivity contribution in [2.24, 2.45) is 7.05 Å². The first-order chi connectivity index (χ1) is 6.86. The van der Waals surface area contributed by atoms with E-state index in [4.69, 9.17) is 0 Å². The molecule has 0 aliphatic carbocycles. The predicted molar refractivity (Wildman–Crippen MR) is 50.4 cm³/mol. The summed E-state index contributed by atoms with van der Waals surface area (Å²) in [6.45, 7) is 0.592. The minimum atomic E-state index is 0.592. The topological polar surface area (TPSA) is 68.5 Å². The predicted octanol–water partition coefficient (Wildman–Crippen LogP) is 0.217. The SMILES string of the molecule is Cn1cnnc1CNc1cnccn1. The first-order valence-electron chi connectivity index (χ1n) is 4.19. The van der Waals surface area contributed by atoms with E-state index in [1.165, 1.54) is 0 Å². The third kappa shape index (κ3) is 1.85. The van der Waals surface area contributed by atoms with E-state index in [1.807, 2.05) is 11.6 Å². The van der Waals surface area contributed by atoms with Crippen molar-refractivity contribution < 1.29 is 0 Å². The second-order valence-electron chi connectivity index (χ2n) is 2.80. The van der Waals surface area contributed by atoms with Gasteiger partial charge in [-0.05, 0) is 0 Å². The molecular formula is C8H10N6. The highest BCUT2D eigenvalue weighted by molar-refractivity contribution is 5.29. The van der Waals surface area contributed by atoms with Gasteiger partial charge in [0.2, 0.25) is 0 Å². The number of rotatable bonds is 3. The molecule has 2 aromatic rings. The minimum absolute atomic E-state index is 0.592. The Labute approximate surface area is 81.0 Å². The highest BCUT2D eigenvalue weighted by Gasteiger charge is 1.99. The number of hydrogen-bond acceptors (Lipinski definition) is 5. The summed E-state index contributed by atoms with van der Waals surface area (Å²) in [5.74, 6) is 1.59. The van der Waals surface area contributed by atoms with Crippen molar-refractivity contribution in [3.8, 4) is 0 Å². The Hall–Kier alpha value is -1.98. The van der Waals surface area contributed by atoms with Crippen molar-refractivity contribution in [1.29, 1.82) is 0 Å². The normalized spacial score (nSPS) is 10.1. The molecule has 14 heavy (non-hydrogen) atoms. The maximum Gasteiger partial charge on any atom is 0.151 e. The smallest absolute Gasteiger partial charge is 0.151 e. The number of aryl methyl sites for hydroxylation is 1. The van der Waals surface area contributed by atoms with E-state index in [-0.39, 0.29) is 0 Å². The van der Waals surface area contributed by atoms with Gasteiger partial charge in [-0.15, -0.1) is 10.2 Å². The fourth-order valence-corrected chi connectivity index (χ4v) is 1.03. The summed E-state index contributed by atoms with van der Waals surface area (Å²) >= 11 is 0. The maximum atomic E-state index is 4.08. The van der Waals surface area contributed by atoms with E-state index < -0.39 is 0 Å². The van der Waals surface area contributed by atoms with Gasteiger partial charge in [0, 0.05) is 19.4 Å². The highest BCUT2D eigenvalue weighted by atomic mass is 15.3. The zero-order valence-corrected chi connectivity index (χ0v) is 7.75. The van der Waals surface area contributed by atoms with Crippen LogP contribution in [0.5, 0.6) is 0 Å². The van der Waals surface area contributed by atoms with Crippen LogP contribution in [0.3, 0.4) is 0 Å². The van der Waals surface area contributed by atoms with Gasteiger partial charge in [0.25, 0.3) is 0 Å². The molecule has 0 aliphatic heterocycles. The zero-order chi connectivity index (χ0) is 9.80. The van der Waals surface area contributed by atoms with Gasteiger partial charge in [0.15, 0.2) is 5.82 Å². The molecular weight excluding hydrogens is 180 g/mol. The van der Waals surface area contributed by atoms with Gasteiger partial charge in [-0.25, -0.2) is 4.98 Å². The molecule has 0 aromatic carbocycles. The molecule has 0 fully saturated rings. The van der Waals surface area contributed by atoms with Crippen LogP contribution in [0.2, 0.25) is 0 Å². The number of aromatic nitrogens is 5. The molecule has 0 aliphatic rings. The molecule has 6 nitrogen and oxygen atoms in total. The lowest BCUT2D eigenvalue weighted by Gasteiger charge is -2.02. The van der Waals surface area contributed by atoms with Crippen molar-refractivity contribution in [2.45, 2.75) is 6.54 Å². The van der Waals surface area contributed by atoms with Crippen LogP contribution in [0.4, 0.5) is 5.82 Å². The van der Waals surface area contributed by atoms with Gasteiger partial charge in [-0.3, -0.25) is 4.98 Å². The number of nitrogens with one attached hydrogen (secondary N) is 1. The van der Waals surface area contributed by atoms with Crippen LogP contribution in [-0.2, 0) is 13.6 Å². The van der Waals surface area contributed by atoms with E-state index in [0.29, 0.717) is 6.54 Å². The van der Waals surface area contributed by atoms with Gasteiger partial charge in [-0.1, -0.05) is 0 Å². The molecule has 0 unspecified atom stereocenters. The maximum absolute atomic E-state index is 4.08. The van der Waals surface area contributed by atoms with E-state index in [2.05, 4.69) is 25.5 Å². The largest absolute Gasteiger partial charge is 0.361 e. The molecule has 2 rings (SSSR count). The standard InChI is InChI=1S/C8H10N6/c1-14-6-12-13-8(14)5-11-7-4-9-2-3-10-7/h2-4,6H,5H2,1H3,(H,10,11). The minimum Gasteiger partial charge on any atom is -0.361 e.